The minimum atomic E-state index is -1.41. The Labute approximate surface area is 92.2 Å². The van der Waals surface area contributed by atoms with E-state index in [0.717, 1.165) is 0 Å². The molecule has 0 aromatic carbocycles. The fourth-order valence-electron chi connectivity index (χ4n) is 1.87. The molecule has 16 heavy (non-hydrogen) atoms. The normalized spacial score (nSPS) is 43.9. The molecule has 7 heteroatoms. The molecule has 0 bridgehead atoms. The van der Waals surface area contributed by atoms with Gasteiger partial charge in [-0.05, 0) is 6.92 Å². The molecule has 0 spiro atoms. The summed E-state index contributed by atoms with van der Waals surface area (Å²) in [6.07, 6.45) is -5.21. The molecule has 0 radical (unpaired) electrons. The van der Waals surface area contributed by atoms with Gasteiger partial charge in [0.1, 0.15) is 24.9 Å². The number of aliphatic hydroxyl groups excluding tert-OH is 3. The number of aliphatic hydroxyl groups is 3. The molecule has 2 aliphatic rings. The van der Waals surface area contributed by atoms with E-state index in [-0.39, 0.29) is 12.6 Å². The molecule has 3 N–H and O–H groups in total. The molecule has 2 rings (SSSR count). The van der Waals surface area contributed by atoms with Crippen LogP contribution in [0.5, 0.6) is 0 Å². The van der Waals surface area contributed by atoms with Crippen molar-refractivity contribution in [3.05, 3.63) is 0 Å². The molecule has 0 saturated carbocycles. The van der Waals surface area contributed by atoms with Crippen LogP contribution in [0.15, 0.2) is 0 Å². The quantitative estimate of drug-likeness (QED) is 0.524. The predicted molar refractivity (Wildman–Crippen MR) is 50.4 cm³/mol. The van der Waals surface area contributed by atoms with E-state index < -0.39 is 30.7 Å². The van der Waals surface area contributed by atoms with Gasteiger partial charge in [-0.2, -0.15) is 0 Å². The minimum Gasteiger partial charge on any atom is -0.447 e. The highest BCUT2D eigenvalue weighted by molar-refractivity contribution is 5.70. The van der Waals surface area contributed by atoms with E-state index in [4.69, 9.17) is 9.47 Å². The maximum atomic E-state index is 11.3. The van der Waals surface area contributed by atoms with Gasteiger partial charge in [0.2, 0.25) is 0 Å². The number of cyclic esters (lactones) is 1. The van der Waals surface area contributed by atoms with E-state index in [9.17, 15) is 20.1 Å². The van der Waals surface area contributed by atoms with E-state index >= 15 is 0 Å². The first-order chi connectivity index (χ1) is 7.50. The zero-order valence-electron chi connectivity index (χ0n) is 8.81. The summed E-state index contributed by atoms with van der Waals surface area (Å²) in [5.74, 6) is 0. The standard InChI is InChI=1S/C9H15NO6/c1-4-3-15-9(14)10(4)2-5-6(11)7(12)8(13)16-5/h4-8,11-13H,2-3H2,1H3/t4-,5+,6+,7+,8+/m0/s1. The van der Waals surface area contributed by atoms with Gasteiger partial charge >= 0.3 is 6.09 Å². The van der Waals surface area contributed by atoms with Crippen molar-refractivity contribution >= 4 is 6.09 Å². The second-order valence-electron chi connectivity index (χ2n) is 4.12. The van der Waals surface area contributed by atoms with Crippen LogP contribution in [0.2, 0.25) is 0 Å². The van der Waals surface area contributed by atoms with Crippen molar-refractivity contribution in [3.63, 3.8) is 0 Å². The first kappa shape index (κ1) is 11.6. The Kier molecular flexibility index (Phi) is 3.02. The summed E-state index contributed by atoms with van der Waals surface area (Å²) in [5, 5.41) is 28.0. The van der Waals surface area contributed by atoms with Crippen LogP contribution in [-0.2, 0) is 9.47 Å². The first-order valence-electron chi connectivity index (χ1n) is 5.13. The summed E-state index contributed by atoms with van der Waals surface area (Å²) in [4.78, 5) is 12.7. The number of carbonyl (C=O) groups is 1. The SMILES string of the molecule is C[C@H]1COC(=O)N1C[C@H]1O[C@@H](O)[C@H](O)[C@@H]1O. The molecular weight excluding hydrogens is 218 g/mol. The minimum absolute atomic E-state index is 0.0925. The molecule has 2 saturated heterocycles. The zero-order chi connectivity index (χ0) is 11.9. The number of nitrogens with zero attached hydrogens (tertiary/aromatic N) is 1. The number of carbonyl (C=O) groups excluding carboxylic acids is 1. The summed E-state index contributed by atoms with van der Waals surface area (Å²) in [5.41, 5.74) is 0. The third-order valence-corrected chi connectivity index (χ3v) is 2.93. The summed E-state index contributed by atoms with van der Waals surface area (Å²) < 4.78 is 9.75. The van der Waals surface area contributed by atoms with Gasteiger partial charge in [0.05, 0.1) is 12.6 Å². The maximum Gasteiger partial charge on any atom is 0.410 e. The maximum absolute atomic E-state index is 11.3. The van der Waals surface area contributed by atoms with Gasteiger partial charge in [0.15, 0.2) is 6.29 Å². The molecule has 92 valence electrons. The van der Waals surface area contributed by atoms with Crippen molar-refractivity contribution in [1.82, 2.24) is 4.90 Å². The van der Waals surface area contributed by atoms with E-state index in [1.54, 1.807) is 6.92 Å². The van der Waals surface area contributed by atoms with Gasteiger partial charge in [-0.3, -0.25) is 4.90 Å². The zero-order valence-corrected chi connectivity index (χ0v) is 8.81. The average Bonchev–Trinajstić information content (AvgIpc) is 2.67. The van der Waals surface area contributed by atoms with Crippen LogP contribution in [0.4, 0.5) is 4.79 Å². The van der Waals surface area contributed by atoms with Crippen molar-refractivity contribution in [1.29, 1.82) is 0 Å². The Bertz CT molecular complexity index is 285. The summed E-state index contributed by atoms with van der Waals surface area (Å²) in [6, 6.07) is -0.0989. The van der Waals surface area contributed by atoms with Crippen molar-refractivity contribution in [2.75, 3.05) is 13.2 Å². The second kappa shape index (κ2) is 4.17. The van der Waals surface area contributed by atoms with Crippen LogP contribution >= 0.6 is 0 Å². The van der Waals surface area contributed by atoms with Gasteiger partial charge in [-0.15, -0.1) is 0 Å². The molecule has 2 fully saturated rings. The molecule has 5 atom stereocenters. The largest absolute Gasteiger partial charge is 0.447 e. The highest BCUT2D eigenvalue weighted by Gasteiger charge is 2.44. The van der Waals surface area contributed by atoms with E-state index in [2.05, 4.69) is 0 Å². The van der Waals surface area contributed by atoms with Crippen LogP contribution < -0.4 is 0 Å². The molecule has 0 aromatic rings. The third-order valence-electron chi connectivity index (χ3n) is 2.93. The topological polar surface area (TPSA) is 99.5 Å². The number of hydrogen-bond donors (Lipinski definition) is 3. The summed E-state index contributed by atoms with van der Waals surface area (Å²) in [7, 11) is 0. The molecule has 2 heterocycles. The Hall–Kier alpha value is -0.890. The lowest BCUT2D eigenvalue weighted by atomic mass is 10.1. The fourth-order valence-corrected chi connectivity index (χ4v) is 1.87. The third kappa shape index (κ3) is 1.86. The first-order valence-corrected chi connectivity index (χ1v) is 5.13. The van der Waals surface area contributed by atoms with Gasteiger partial charge in [0.25, 0.3) is 0 Å². The number of amides is 1. The van der Waals surface area contributed by atoms with Crippen LogP contribution in [-0.4, -0.2) is 70.1 Å². The molecule has 0 unspecified atom stereocenters. The van der Waals surface area contributed by atoms with Crippen molar-refractivity contribution < 1.29 is 29.6 Å². The van der Waals surface area contributed by atoms with E-state index in [1.165, 1.54) is 4.90 Å². The summed E-state index contributed by atoms with van der Waals surface area (Å²) in [6.45, 7) is 2.20. The number of ether oxygens (including phenoxy) is 2. The predicted octanol–water partition coefficient (Wildman–Crippen LogP) is -1.73. The Morgan fingerprint density at radius 1 is 1.38 bits per heavy atom. The van der Waals surface area contributed by atoms with Gasteiger partial charge < -0.3 is 24.8 Å². The van der Waals surface area contributed by atoms with Gasteiger partial charge in [0, 0.05) is 0 Å². The number of hydrogen-bond acceptors (Lipinski definition) is 6. The Morgan fingerprint density at radius 2 is 2.06 bits per heavy atom. The van der Waals surface area contributed by atoms with E-state index in [1.807, 2.05) is 0 Å². The monoisotopic (exact) mass is 233 g/mol. The van der Waals surface area contributed by atoms with Crippen molar-refractivity contribution in [3.8, 4) is 0 Å². The highest BCUT2D eigenvalue weighted by Crippen LogP contribution is 2.22. The van der Waals surface area contributed by atoms with E-state index in [0.29, 0.717) is 6.61 Å². The molecule has 0 aliphatic carbocycles. The fraction of sp³-hybridized carbons (Fsp3) is 0.889. The molecule has 7 nitrogen and oxygen atoms in total. The van der Waals surface area contributed by atoms with Gasteiger partial charge in [-0.25, -0.2) is 4.79 Å². The van der Waals surface area contributed by atoms with Crippen molar-refractivity contribution in [2.45, 2.75) is 37.6 Å². The number of rotatable bonds is 2. The van der Waals surface area contributed by atoms with Crippen molar-refractivity contribution in [2.24, 2.45) is 0 Å². The second-order valence-corrected chi connectivity index (χ2v) is 4.12. The summed E-state index contributed by atoms with van der Waals surface area (Å²) >= 11 is 0. The van der Waals surface area contributed by atoms with Gasteiger partial charge in [-0.1, -0.05) is 0 Å². The average molecular weight is 233 g/mol. The Morgan fingerprint density at radius 3 is 2.50 bits per heavy atom. The molecule has 0 aromatic heterocycles. The highest BCUT2D eigenvalue weighted by atomic mass is 16.6. The Balaban J connectivity index is 1.97. The molecule has 2 aliphatic heterocycles. The molecular formula is C9H15NO6. The van der Waals surface area contributed by atoms with Crippen LogP contribution in [0.3, 0.4) is 0 Å². The van der Waals surface area contributed by atoms with Crippen LogP contribution in [0.25, 0.3) is 0 Å². The lowest BCUT2D eigenvalue weighted by molar-refractivity contribution is -0.129. The van der Waals surface area contributed by atoms with Crippen LogP contribution in [0, 0.1) is 0 Å². The lowest BCUT2D eigenvalue weighted by Gasteiger charge is -2.23. The van der Waals surface area contributed by atoms with Crippen LogP contribution in [0.1, 0.15) is 6.92 Å². The molecule has 1 amide bonds. The lowest BCUT2D eigenvalue weighted by Crippen LogP contribution is -2.43. The smallest absolute Gasteiger partial charge is 0.410 e.